The fraction of sp³-hybridized carbons (Fsp3) is 0.423. The van der Waals surface area contributed by atoms with E-state index in [1.165, 1.54) is 18.9 Å². The summed E-state index contributed by atoms with van der Waals surface area (Å²) in [5.41, 5.74) is 0.960. The van der Waals surface area contributed by atoms with Crippen molar-refractivity contribution in [3.63, 3.8) is 0 Å². The van der Waals surface area contributed by atoms with Crippen LogP contribution in [0.2, 0.25) is 0 Å². The molecule has 0 spiro atoms. The molecular formula is C26H31N3O3. The SMILES string of the molecule is C=C[C@](O)(c1ccccc1)N(O)C(=O)c1cccc2c1[C@H]1C[C@H]3NCCC[C@H]3CN1CC2. The number of amides is 1. The third kappa shape index (κ3) is 3.48. The van der Waals surface area contributed by atoms with Gasteiger partial charge >= 0.3 is 0 Å². The van der Waals surface area contributed by atoms with E-state index < -0.39 is 11.6 Å². The van der Waals surface area contributed by atoms with Gasteiger partial charge < -0.3 is 10.4 Å². The van der Waals surface area contributed by atoms with Crippen molar-refractivity contribution in [2.75, 3.05) is 19.6 Å². The van der Waals surface area contributed by atoms with Crippen LogP contribution >= 0.6 is 0 Å². The molecule has 168 valence electrons. The quantitative estimate of drug-likeness (QED) is 0.299. The van der Waals surface area contributed by atoms with Gasteiger partial charge in [-0.3, -0.25) is 14.9 Å². The molecule has 0 aromatic heterocycles. The van der Waals surface area contributed by atoms with Crippen molar-refractivity contribution in [1.29, 1.82) is 0 Å². The van der Waals surface area contributed by atoms with Crippen molar-refractivity contribution in [2.45, 2.75) is 43.5 Å². The molecule has 3 heterocycles. The molecule has 32 heavy (non-hydrogen) atoms. The van der Waals surface area contributed by atoms with Gasteiger partial charge in [0.25, 0.3) is 5.91 Å². The molecule has 3 N–H and O–H groups in total. The third-order valence-corrected chi connectivity index (χ3v) is 7.54. The molecule has 6 heteroatoms. The maximum absolute atomic E-state index is 13.6. The molecule has 4 atom stereocenters. The number of aliphatic hydroxyl groups is 1. The topological polar surface area (TPSA) is 76.0 Å². The van der Waals surface area contributed by atoms with Gasteiger partial charge in [-0.15, -0.1) is 0 Å². The summed E-state index contributed by atoms with van der Waals surface area (Å²) in [7, 11) is 0. The average molecular weight is 434 g/mol. The summed E-state index contributed by atoms with van der Waals surface area (Å²) in [6, 6.07) is 15.0. The first kappa shape index (κ1) is 21.3. The predicted octanol–water partition coefficient (Wildman–Crippen LogP) is 3.22. The van der Waals surface area contributed by atoms with Crippen LogP contribution in [0.25, 0.3) is 0 Å². The maximum Gasteiger partial charge on any atom is 0.280 e. The van der Waals surface area contributed by atoms with Gasteiger partial charge in [0.05, 0.1) is 0 Å². The first-order valence-corrected chi connectivity index (χ1v) is 11.6. The maximum atomic E-state index is 13.6. The van der Waals surface area contributed by atoms with E-state index in [1.807, 2.05) is 12.1 Å². The van der Waals surface area contributed by atoms with Gasteiger partial charge in [0.1, 0.15) is 0 Å². The van der Waals surface area contributed by atoms with Crippen LogP contribution in [0.4, 0.5) is 0 Å². The van der Waals surface area contributed by atoms with Gasteiger partial charge in [-0.2, -0.15) is 5.06 Å². The van der Waals surface area contributed by atoms with Crippen molar-refractivity contribution in [3.05, 3.63) is 83.4 Å². The number of nitrogens with one attached hydrogen (secondary N) is 1. The summed E-state index contributed by atoms with van der Waals surface area (Å²) in [6.07, 6.45) is 5.51. The molecule has 3 aliphatic rings. The standard InChI is InChI=1S/C26H31N3O3/c1-2-26(31,20-10-4-3-5-11-20)29(32)25(30)21-12-6-8-18-13-15-28-17-19-9-7-14-27-22(19)16-23(28)24(18)21/h2-6,8,10-12,19,22-23,27,31-32H,1,7,9,13-17H2/t19-,22+,23+,26-/m0/s1. The molecule has 0 aliphatic carbocycles. The summed E-state index contributed by atoms with van der Waals surface area (Å²) < 4.78 is 0. The van der Waals surface area contributed by atoms with Crippen LogP contribution in [-0.2, 0) is 12.1 Å². The largest absolute Gasteiger partial charge is 0.362 e. The van der Waals surface area contributed by atoms with Crippen LogP contribution in [0.3, 0.4) is 0 Å². The van der Waals surface area contributed by atoms with Gasteiger partial charge in [-0.25, -0.2) is 0 Å². The highest BCUT2D eigenvalue weighted by atomic mass is 16.6. The average Bonchev–Trinajstić information content (AvgIpc) is 2.86. The zero-order valence-electron chi connectivity index (χ0n) is 18.3. The lowest BCUT2D eigenvalue weighted by molar-refractivity contribution is -0.207. The first-order chi connectivity index (χ1) is 15.5. The Morgan fingerprint density at radius 1 is 1.22 bits per heavy atom. The lowest BCUT2D eigenvalue weighted by Crippen LogP contribution is -2.55. The monoisotopic (exact) mass is 433 g/mol. The molecule has 0 bridgehead atoms. The molecule has 0 radical (unpaired) electrons. The Kier molecular flexibility index (Phi) is 5.63. The number of piperidine rings is 2. The molecule has 3 aliphatic heterocycles. The van der Waals surface area contributed by atoms with Crippen LogP contribution in [0.1, 0.15) is 52.4 Å². The molecule has 2 aromatic rings. The van der Waals surface area contributed by atoms with Crippen LogP contribution in [0.15, 0.2) is 61.2 Å². The second kappa shape index (κ2) is 8.45. The summed E-state index contributed by atoms with van der Waals surface area (Å²) >= 11 is 0. The fourth-order valence-electron chi connectivity index (χ4n) is 5.83. The molecule has 5 rings (SSSR count). The molecule has 2 aromatic carbocycles. The highest BCUT2D eigenvalue weighted by Crippen LogP contribution is 2.42. The number of carbonyl (C=O) groups is 1. The lowest BCUT2D eigenvalue weighted by atomic mass is 9.76. The number of hydrogen-bond acceptors (Lipinski definition) is 5. The number of nitrogens with zero attached hydrogens (tertiary/aromatic N) is 2. The fourth-order valence-corrected chi connectivity index (χ4v) is 5.83. The number of benzene rings is 2. The van der Waals surface area contributed by atoms with Gasteiger partial charge in [-0.05, 0) is 61.4 Å². The number of rotatable bonds is 4. The van der Waals surface area contributed by atoms with Gasteiger partial charge in [0.15, 0.2) is 0 Å². The summed E-state index contributed by atoms with van der Waals surface area (Å²) in [4.78, 5) is 16.1. The number of hydroxylamine groups is 2. The minimum atomic E-state index is -2.02. The van der Waals surface area contributed by atoms with Crippen LogP contribution in [-0.4, -0.2) is 51.9 Å². The van der Waals surface area contributed by atoms with E-state index in [4.69, 9.17) is 0 Å². The smallest absolute Gasteiger partial charge is 0.280 e. The van der Waals surface area contributed by atoms with E-state index >= 15 is 0 Å². The van der Waals surface area contributed by atoms with Gasteiger partial charge in [0.2, 0.25) is 5.72 Å². The highest BCUT2D eigenvalue weighted by molar-refractivity contribution is 5.96. The Labute approximate surface area is 189 Å². The van der Waals surface area contributed by atoms with E-state index in [0.29, 0.717) is 28.1 Å². The number of fused-ring (bicyclic) bond motifs is 4. The highest BCUT2D eigenvalue weighted by Gasteiger charge is 2.43. The zero-order chi connectivity index (χ0) is 22.3. The van der Waals surface area contributed by atoms with E-state index in [1.54, 1.807) is 30.3 Å². The molecule has 1 amide bonds. The molecule has 0 saturated carbocycles. The van der Waals surface area contributed by atoms with Crippen LogP contribution in [0, 0.1) is 5.92 Å². The van der Waals surface area contributed by atoms with E-state index in [-0.39, 0.29) is 6.04 Å². The van der Waals surface area contributed by atoms with Crippen LogP contribution < -0.4 is 5.32 Å². The van der Waals surface area contributed by atoms with Crippen LogP contribution in [0.5, 0.6) is 0 Å². The summed E-state index contributed by atoms with van der Waals surface area (Å²) in [6.45, 7) is 6.76. The van der Waals surface area contributed by atoms with E-state index in [0.717, 1.165) is 43.6 Å². The Balaban J connectivity index is 1.50. The Morgan fingerprint density at radius 3 is 2.81 bits per heavy atom. The number of hydrogen-bond donors (Lipinski definition) is 3. The Morgan fingerprint density at radius 2 is 2.03 bits per heavy atom. The van der Waals surface area contributed by atoms with Crippen molar-refractivity contribution < 1.29 is 15.1 Å². The summed E-state index contributed by atoms with van der Waals surface area (Å²) in [5, 5.41) is 26.3. The first-order valence-electron chi connectivity index (χ1n) is 11.6. The Bertz CT molecular complexity index is 1010. The van der Waals surface area contributed by atoms with Crippen molar-refractivity contribution in [3.8, 4) is 0 Å². The van der Waals surface area contributed by atoms with Crippen molar-refractivity contribution in [2.24, 2.45) is 5.92 Å². The van der Waals surface area contributed by atoms with Gasteiger partial charge in [0, 0.05) is 36.3 Å². The zero-order valence-corrected chi connectivity index (χ0v) is 18.3. The molecule has 6 nitrogen and oxygen atoms in total. The molecule has 0 unspecified atom stereocenters. The molecule has 2 fully saturated rings. The minimum Gasteiger partial charge on any atom is -0.362 e. The lowest BCUT2D eigenvalue weighted by Gasteiger charge is -2.49. The predicted molar refractivity (Wildman–Crippen MR) is 122 cm³/mol. The van der Waals surface area contributed by atoms with Crippen molar-refractivity contribution in [1.82, 2.24) is 15.3 Å². The second-order valence-electron chi connectivity index (χ2n) is 9.25. The number of carbonyl (C=O) groups excluding carboxylic acids is 1. The van der Waals surface area contributed by atoms with Gasteiger partial charge in [-0.1, -0.05) is 49.0 Å². The normalized spacial score (nSPS) is 26.8. The van der Waals surface area contributed by atoms with Crippen molar-refractivity contribution >= 4 is 5.91 Å². The minimum absolute atomic E-state index is 0.132. The van der Waals surface area contributed by atoms with E-state index in [9.17, 15) is 15.1 Å². The molecular weight excluding hydrogens is 402 g/mol. The summed E-state index contributed by atoms with van der Waals surface area (Å²) in [5.74, 6) is 0.0383. The third-order valence-electron chi connectivity index (χ3n) is 7.54. The van der Waals surface area contributed by atoms with E-state index in [2.05, 4.69) is 22.9 Å². The Hall–Kier alpha value is -2.51. The molecule has 2 saturated heterocycles. The second-order valence-corrected chi connectivity index (χ2v) is 9.25.